The Morgan fingerprint density at radius 3 is 0.187 bits per heavy atom. The first-order valence-corrected chi connectivity index (χ1v) is 21.9. The normalized spacial score (nSPS) is 11.9. The third kappa shape index (κ3) is 9.64. The maximum Gasteiger partial charge on any atom is 2.00 e. The van der Waals surface area contributed by atoms with Crippen molar-refractivity contribution in [3.8, 4) is 0 Å². The SMILES string of the molecule is Fc1c(F)c(F)c([B-](c2c(F)c(F)c(F)c(F)c2F)(c2c(F)c(F)c(F)c(F)c2F)c2c(F)c(F)c(F)c(F)c2F)c(F)c1F.Fc1c(F)c(F)c([B-](c2c(F)c(F)c(F)c(F)c2F)(c2c(F)c(F)c(F)c(F)c2F)c2c(F)c(F)c(F)c(F)c2F)c(F)c1F.[Fe+2]. The molecule has 0 nitrogen and oxygen atoms in total. The molecule has 0 aliphatic heterocycles. The van der Waals surface area contributed by atoms with Crippen LogP contribution in [0.1, 0.15) is 0 Å². The van der Waals surface area contributed by atoms with E-state index >= 15 is 70.2 Å². The molecule has 0 atom stereocenters. The van der Waals surface area contributed by atoms with Gasteiger partial charge in [0.25, 0.3) is 0 Å². The molecule has 91 heavy (non-hydrogen) atoms. The summed E-state index contributed by atoms with van der Waals surface area (Å²) in [4.78, 5) is 0. The van der Waals surface area contributed by atoms with Crippen molar-refractivity contribution < 1.29 is 193 Å². The van der Waals surface area contributed by atoms with Crippen LogP contribution in [0.3, 0.4) is 0 Å². The summed E-state index contributed by atoms with van der Waals surface area (Å²) in [7, 11) is 0. The molecule has 0 saturated heterocycles. The van der Waals surface area contributed by atoms with Gasteiger partial charge in [-0.1, -0.05) is 0 Å². The zero-order valence-corrected chi connectivity index (χ0v) is 41.7. The first kappa shape index (κ1) is 71.7. The second-order valence-corrected chi connectivity index (χ2v) is 17.6. The van der Waals surface area contributed by atoms with E-state index in [-0.39, 0.29) is 17.1 Å². The summed E-state index contributed by atoms with van der Waals surface area (Å²) in [6.45, 7) is 0. The van der Waals surface area contributed by atoms with Crippen LogP contribution in [0.15, 0.2) is 0 Å². The maximum absolute atomic E-state index is 15.4. The van der Waals surface area contributed by atoms with Crippen LogP contribution in [0, 0.1) is 233 Å². The first-order chi connectivity index (χ1) is 41.4. The fourth-order valence-corrected chi connectivity index (χ4v) is 9.75. The molecule has 8 rings (SSSR count). The summed E-state index contributed by atoms with van der Waals surface area (Å²) >= 11 is 0. The third-order valence-corrected chi connectivity index (χ3v) is 13.4. The Balaban J connectivity index is 0.000000286. The van der Waals surface area contributed by atoms with Gasteiger partial charge in [-0.15, -0.1) is 43.7 Å². The second kappa shape index (κ2) is 24.3. The molecule has 0 unspecified atom stereocenters. The molecule has 0 spiro atoms. The van der Waals surface area contributed by atoms with Crippen LogP contribution in [0.2, 0.25) is 0 Å². The number of rotatable bonds is 8. The molecule has 0 aliphatic rings. The average molecular weight is 1410 g/mol. The zero-order valence-electron chi connectivity index (χ0n) is 40.6. The molecule has 0 bridgehead atoms. The van der Waals surface area contributed by atoms with Gasteiger partial charge in [0.15, 0.2) is 140 Å². The molecule has 0 heterocycles. The molecule has 0 saturated carbocycles. The van der Waals surface area contributed by atoms with Crippen LogP contribution in [-0.4, -0.2) is 12.3 Å². The van der Waals surface area contributed by atoms with Gasteiger partial charge in [0.2, 0.25) is 0 Å². The van der Waals surface area contributed by atoms with Crippen molar-refractivity contribution in [1.82, 2.24) is 0 Å². The summed E-state index contributed by atoms with van der Waals surface area (Å²) < 4.78 is 588. The van der Waals surface area contributed by atoms with Gasteiger partial charge in [-0.05, 0) is 0 Å². The van der Waals surface area contributed by atoms with Gasteiger partial charge < -0.3 is 0 Å². The van der Waals surface area contributed by atoms with Gasteiger partial charge in [-0.3, -0.25) is 0 Å². The van der Waals surface area contributed by atoms with Crippen LogP contribution in [0.25, 0.3) is 0 Å². The molecule has 0 amide bonds. The maximum atomic E-state index is 15.4. The van der Waals surface area contributed by atoms with Crippen molar-refractivity contribution in [3.63, 3.8) is 0 Å². The standard InChI is InChI=1S/2C24BF20.Fe/c2*26-5-1(6(27)14(35)21(42)13(5)34)25(2-7(28)15(36)22(43)16(37)8(2)29,3-9(30)17(38)23(44)18(39)10(3)31)4-11(32)19(40)24(45)20(41)12(4)33;/q2*-1;+2. The Bertz CT molecular complexity index is 3430. The molecule has 0 aliphatic carbocycles. The smallest absolute Gasteiger partial charge is 0.207 e. The van der Waals surface area contributed by atoms with E-state index in [1.165, 1.54) is 0 Å². The molecule has 0 N–H and O–H groups in total. The average Bonchev–Trinajstić information content (AvgIpc) is 0.690. The van der Waals surface area contributed by atoms with Crippen molar-refractivity contribution in [2.45, 2.75) is 0 Å². The van der Waals surface area contributed by atoms with Crippen molar-refractivity contribution in [2.75, 3.05) is 0 Å². The van der Waals surface area contributed by atoms with Crippen molar-refractivity contribution in [2.24, 2.45) is 0 Å². The molecular weight excluding hydrogens is 1410 g/mol. The topological polar surface area (TPSA) is 0 Å². The van der Waals surface area contributed by atoms with Crippen molar-refractivity contribution in [3.05, 3.63) is 233 Å². The number of hydrogen-bond acceptors (Lipinski definition) is 0. The van der Waals surface area contributed by atoms with E-state index in [1.54, 1.807) is 0 Å². The Labute approximate surface area is 480 Å². The molecule has 8 aromatic carbocycles. The molecule has 43 heteroatoms. The molecule has 0 radical (unpaired) electrons. The van der Waals surface area contributed by atoms with Crippen molar-refractivity contribution >= 4 is 56.0 Å². The van der Waals surface area contributed by atoms with Gasteiger partial charge in [-0.2, -0.15) is 0 Å². The van der Waals surface area contributed by atoms with E-state index in [9.17, 15) is 105 Å². The van der Waals surface area contributed by atoms with E-state index in [0.29, 0.717) is 0 Å². The van der Waals surface area contributed by atoms with Crippen LogP contribution in [-0.2, 0) is 17.1 Å². The van der Waals surface area contributed by atoms with Crippen LogP contribution in [0.4, 0.5) is 176 Å². The van der Waals surface area contributed by atoms with Crippen LogP contribution < -0.4 is 43.7 Å². The number of hydrogen-bond donors (Lipinski definition) is 0. The summed E-state index contributed by atoms with van der Waals surface area (Å²) in [5.41, 5.74) is -28.7. The van der Waals surface area contributed by atoms with Crippen LogP contribution >= 0.6 is 0 Å². The largest absolute Gasteiger partial charge is 2.00 e. The summed E-state index contributed by atoms with van der Waals surface area (Å²) in [5.74, 6) is -143. The number of halogens is 40. The molecule has 0 fully saturated rings. The molecule has 8 aromatic rings. The third-order valence-electron chi connectivity index (χ3n) is 13.4. The van der Waals surface area contributed by atoms with Gasteiger partial charge in [-0.25, -0.2) is 176 Å². The first-order valence-electron chi connectivity index (χ1n) is 21.9. The Morgan fingerprint density at radius 1 is 0.0879 bits per heavy atom. The van der Waals surface area contributed by atoms with E-state index in [1.807, 2.05) is 0 Å². The summed E-state index contributed by atoms with van der Waals surface area (Å²) in [6, 6.07) is 0. The van der Waals surface area contributed by atoms with Gasteiger partial charge in [0.05, 0.1) is 0 Å². The minimum Gasteiger partial charge on any atom is -0.207 e. The summed E-state index contributed by atoms with van der Waals surface area (Å²) in [5, 5.41) is 0. The Morgan fingerprint density at radius 2 is 0.132 bits per heavy atom. The van der Waals surface area contributed by atoms with E-state index < -0.39 is 289 Å². The van der Waals surface area contributed by atoms with Gasteiger partial charge in [0, 0.05) is 0 Å². The monoisotopic (exact) mass is 1410 g/mol. The Hall–Kier alpha value is -8.39. The molecule has 0 aromatic heterocycles. The zero-order chi connectivity index (χ0) is 68.7. The minimum atomic E-state index is -7.22. The predicted molar refractivity (Wildman–Crippen MR) is 218 cm³/mol. The van der Waals surface area contributed by atoms with E-state index in [0.717, 1.165) is 0 Å². The fourth-order valence-electron chi connectivity index (χ4n) is 9.75. The number of benzene rings is 8. The molecule has 486 valence electrons. The predicted octanol–water partition coefficient (Wildman–Crippen LogP) is 11.7. The van der Waals surface area contributed by atoms with E-state index in [4.69, 9.17) is 0 Å². The summed E-state index contributed by atoms with van der Waals surface area (Å²) in [6.07, 6.45) is -14.4. The second-order valence-electron chi connectivity index (χ2n) is 17.6. The van der Waals surface area contributed by atoms with E-state index in [2.05, 4.69) is 0 Å². The quantitative estimate of drug-likeness (QED) is 0.0616. The van der Waals surface area contributed by atoms with Crippen LogP contribution in [0.5, 0.6) is 0 Å². The molecular formula is C48B2F40Fe. The van der Waals surface area contributed by atoms with Gasteiger partial charge >= 0.3 is 17.1 Å². The minimum absolute atomic E-state index is 0. The van der Waals surface area contributed by atoms with Gasteiger partial charge in [0.1, 0.15) is 105 Å². The van der Waals surface area contributed by atoms with Crippen molar-refractivity contribution in [1.29, 1.82) is 0 Å². The Kier molecular flexibility index (Phi) is 19.2. The fraction of sp³-hybridized carbons (Fsp3) is 0.